The molecule has 368 valence electrons. The molecular formula is C47H52Cl3F3N10O6. The van der Waals surface area contributed by atoms with Gasteiger partial charge in [-0.05, 0) is 92.9 Å². The number of likely N-dealkylation sites (N-methyl/N-ethyl adjacent to an activating group) is 2. The summed E-state index contributed by atoms with van der Waals surface area (Å²) in [6.07, 6.45) is -2.13. The van der Waals surface area contributed by atoms with E-state index < -0.39 is 95.0 Å². The number of hydrogen-bond donors (Lipinski definition) is 6. The van der Waals surface area contributed by atoms with Crippen LogP contribution in [0, 0.1) is 11.8 Å². The molecule has 0 saturated carbocycles. The number of fused-ring (bicyclic) bond motifs is 2. The summed E-state index contributed by atoms with van der Waals surface area (Å²) in [6, 6.07) is 5.04. The van der Waals surface area contributed by atoms with Gasteiger partial charge in [0.2, 0.25) is 23.6 Å². The maximum absolute atomic E-state index is 14.5. The van der Waals surface area contributed by atoms with E-state index in [9.17, 15) is 41.9 Å². The molecule has 0 bridgehead atoms. The number of halogens is 6. The Balaban J connectivity index is 1.32. The summed E-state index contributed by atoms with van der Waals surface area (Å²) >= 11 is 19.9. The SMILES string of the molecule is CN[C@@H](C)C(=O)N[C@H](C(=O)N1c2ncccc2C[C@H]1C(=O)Nc1c(Cl)cc(-c2cnc3c(c2)C[C@@H](C(=O)Nc2c(Cl)cccc2C(F)(F)F)N3C(=O)[C@@H](NC(=O)[C@H](C)NC)C(C)C)cc1Cl)C(C)C. The molecule has 2 aliphatic rings. The number of aromatic nitrogens is 2. The molecule has 2 aliphatic heterocycles. The van der Waals surface area contributed by atoms with E-state index in [1.54, 1.807) is 73.8 Å². The zero-order valence-electron chi connectivity index (χ0n) is 38.8. The molecule has 22 heteroatoms. The number of nitrogens with zero attached hydrogens (tertiary/aromatic N) is 4. The topological polar surface area (TPSA) is 207 Å². The summed E-state index contributed by atoms with van der Waals surface area (Å²) in [6.45, 7) is 10.2. The molecule has 0 spiro atoms. The highest BCUT2D eigenvalue weighted by molar-refractivity contribution is 6.40. The van der Waals surface area contributed by atoms with Crippen molar-refractivity contribution in [3.8, 4) is 11.1 Å². The summed E-state index contributed by atoms with van der Waals surface area (Å²) in [5, 5.41) is 15.8. The van der Waals surface area contributed by atoms with Crippen molar-refractivity contribution in [3.05, 3.63) is 92.7 Å². The van der Waals surface area contributed by atoms with Crippen molar-refractivity contribution in [2.75, 3.05) is 34.5 Å². The van der Waals surface area contributed by atoms with Crippen molar-refractivity contribution in [2.45, 2.75) is 96.8 Å². The molecule has 4 heterocycles. The average molecular weight is 1020 g/mol. The molecule has 2 aromatic carbocycles. The van der Waals surface area contributed by atoms with Gasteiger partial charge in [-0.15, -0.1) is 0 Å². The molecule has 6 N–H and O–H groups in total. The fraction of sp³-hybridized carbons (Fsp3) is 0.404. The van der Waals surface area contributed by atoms with Gasteiger partial charge in [0.1, 0.15) is 35.8 Å². The largest absolute Gasteiger partial charge is 0.418 e. The summed E-state index contributed by atoms with van der Waals surface area (Å²) in [5.74, 6) is -4.43. The Bertz CT molecular complexity index is 2650. The van der Waals surface area contributed by atoms with Crippen LogP contribution >= 0.6 is 34.8 Å². The highest BCUT2D eigenvalue weighted by Crippen LogP contribution is 2.42. The number of pyridine rings is 2. The summed E-state index contributed by atoms with van der Waals surface area (Å²) in [7, 11) is 3.18. The van der Waals surface area contributed by atoms with Gasteiger partial charge in [-0.25, -0.2) is 9.97 Å². The molecule has 0 fully saturated rings. The van der Waals surface area contributed by atoms with E-state index in [2.05, 4.69) is 41.9 Å². The Morgan fingerprint density at radius 2 is 1.13 bits per heavy atom. The number of hydrogen-bond acceptors (Lipinski definition) is 10. The third-order valence-corrected chi connectivity index (χ3v) is 13.0. The van der Waals surface area contributed by atoms with Crippen LogP contribution in [0.5, 0.6) is 0 Å². The van der Waals surface area contributed by atoms with Crippen molar-refractivity contribution in [2.24, 2.45) is 11.8 Å². The van der Waals surface area contributed by atoms with Gasteiger partial charge in [0.05, 0.1) is 44.1 Å². The van der Waals surface area contributed by atoms with E-state index in [0.29, 0.717) is 22.3 Å². The number of rotatable bonds is 15. The van der Waals surface area contributed by atoms with Crippen LogP contribution in [0.15, 0.2) is 60.9 Å². The van der Waals surface area contributed by atoms with Crippen molar-refractivity contribution in [1.82, 2.24) is 31.2 Å². The normalized spacial score (nSPS) is 17.2. The molecule has 6 atom stereocenters. The zero-order chi connectivity index (χ0) is 50.8. The number of carbonyl (C=O) groups excluding carboxylic acids is 6. The number of carbonyl (C=O) groups is 6. The van der Waals surface area contributed by atoms with Gasteiger partial charge in [0.25, 0.3) is 11.8 Å². The van der Waals surface area contributed by atoms with Crippen molar-refractivity contribution >= 4 is 93.3 Å². The van der Waals surface area contributed by atoms with Crippen LogP contribution in [0.3, 0.4) is 0 Å². The van der Waals surface area contributed by atoms with E-state index in [1.807, 2.05) is 0 Å². The fourth-order valence-corrected chi connectivity index (χ4v) is 8.77. The summed E-state index contributed by atoms with van der Waals surface area (Å²) in [5.41, 5.74) is -0.113. The molecule has 6 amide bonds. The lowest BCUT2D eigenvalue weighted by molar-refractivity contribution is -0.137. The second-order valence-electron chi connectivity index (χ2n) is 17.5. The highest BCUT2D eigenvalue weighted by atomic mass is 35.5. The fourth-order valence-electron chi connectivity index (χ4n) is 7.97. The van der Waals surface area contributed by atoms with Gasteiger partial charge in [0, 0.05) is 30.8 Å². The maximum atomic E-state index is 14.5. The summed E-state index contributed by atoms with van der Waals surface area (Å²) in [4.78, 5) is 94.5. The predicted molar refractivity (Wildman–Crippen MR) is 258 cm³/mol. The second-order valence-corrected chi connectivity index (χ2v) is 18.7. The summed E-state index contributed by atoms with van der Waals surface area (Å²) < 4.78 is 42.4. The molecule has 2 aromatic heterocycles. The molecule has 0 unspecified atom stereocenters. The van der Waals surface area contributed by atoms with Crippen molar-refractivity contribution in [1.29, 1.82) is 0 Å². The number of benzene rings is 2. The van der Waals surface area contributed by atoms with Gasteiger partial charge in [-0.1, -0.05) is 74.6 Å². The standard InChI is InChI=1S/C47H52Cl3F3N10O6/c1-21(2)35(58-41(64)23(5)54-7)45(68)62-33(18-25-11-10-14-56-39(25)62)44(67)61-38-31(49)16-26(17-32(38)50)28-15-27-19-34(43(66)60-37-29(47(51,52)53)12-9-13-30(37)48)63(40(27)57-20-28)46(69)36(22(3)4)59-42(65)24(6)55-8/h9-17,20-24,33-36,54-55H,18-19H2,1-8H3,(H,58,64)(H,59,65)(H,60,66)(H,61,67)/t23-,24-,33-,34-,35-,36-/m0/s1. The lowest BCUT2D eigenvalue weighted by atomic mass is 10.0. The molecule has 6 rings (SSSR count). The van der Waals surface area contributed by atoms with Gasteiger partial charge >= 0.3 is 6.18 Å². The Kier molecular flexibility index (Phi) is 16.3. The van der Waals surface area contributed by atoms with E-state index in [4.69, 9.17) is 34.8 Å². The van der Waals surface area contributed by atoms with E-state index in [-0.39, 0.29) is 51.2 Å². The lowest BCUT2D eigenvalue weighted by Crippen LogP contribution is -2.57. The van der Waals surface area contributed by atoms with Crippen molar-refractivity contribution in [3.63, 3.8) is 0 Å². The van der Waals surface area contributed by atoms with Crippen LogP contribution in [-0.4, -0.2) is 95.8 Å². The van der Waals surface area contributed by atoms with Crippen LogP contribution in [0.4, 0.5) is 36.2 Å². The van der Waals surface area contributed by atoms with Crippen molar-refractivity contribution < 1.29 is 41.9 Å². The average Bonchev–Trinajstić information content (AvgIpc) is 3.89. The molecular weight excluding hydrogens is 964 g/mol. The minimum atomic E-state index is -4.89. The second kappa shape index (κ2) is 21.4. The molecule has 4 aromatic rings. The number of para-hydroxylation sites is 1. The Labute approximate surface area is 411 Å². The van der Waals surface area contributed by atoms with Gasteiger partial charge in [-0.3, -0.25) is 38.6 Å². The molecule has 69 heavy (non-hydrogen) atoms. The van der Waals surface area contributed by atoms with Gasteiger partial charge in [0.15, 0.2) is 0 Å². The molecule has 0 aliphatic carbocycles. The minimum Gasteiger partial charge on any atom is -0.343 e. The Morgan fingerprint density at radius 3 is 1.62 bits per heavy atom. The first kappa shape index (κ1) is 52.5. The first-order valence-corrected chi connectivity index (χ1v) is 23.1. The number of anilines is 4. The number of nitrogens with one attached hydrogen (secondary N) is 6. The van der Waals surface area contributed by atoms with E-state index in [0.717, 1.165) is 17.0 Å². The van der Waals surface area contributed by atoms with E-state index >= 15 is 0 Å². The third kappa shape index (κ3) is 11.1. The van der Waals surface area contributed by atoms with Crippen LogP contribution in [0.2, 0.25) is 15.1 Å². The number of alkyl halides is 3. The van der Waals surface area contributed by atoms with Gasteiger partial charge in [-0.2, -0.15) is 13.2 Å². The predicted octanol–water partition coefficient (Wildman–Crippen LogP) is 6.41. The zero-order valence-corrected chi connectivity index (χ0v) is 41.1. The van der Waals surface area contributed by atoms with E-state index in [1.165, 1.54) is 35.5 Å². The third-order valence-electron chi connectivity index (χ3n) is 12.1. The molecule has 0 saturated heterocycles. The van der Waals surface area contributed by atoms with Crippen LogP contribution in [-0.2, 0) is 47.8 Å². The van der Waals surface area contributed by atoms with Gasteiger partial charge < -0.3 is 31.9 Å². The highest BCUT2D eigenvalue weighted by Gasteiger charge is 2.46. The Hall–Kier alpha value is -5.86. The molecule has 16 nitrogen and oxygen atoms in total. The minimum absolute atomic E-state index is 0.00758. The molecule has 0 radical (unpaired) electrons. The first-order valence-electron chi connectivity index (χ1n) is 22.0. The lowest BCUT2D eigenvalue weighted by Gasteiger charge is -2.31. The van der Waals surface area contributed by atoms with Crippen LogP contribution in [0.25, 0.3) is 11.1 Å². The number of amides is 6. The smallest absolute Gasteiger partial charge is 0.343 e. The Morgan fingerprint density at radius 1 is 0.638 bits per heavy atom. The monoisotopic (exact) mass is 1010 g/mol. The quantitative estimate of drug-likeness (QED) is 0.0772. The first-order chi connectivity index (χ1) is 32.5. The van der Waals surface area contributed by atoms with Crippen LogP contribution < -0.4 is 41.7 Å². The maximum Gasteiger partial charge on any atom is 0.418 e. The van der Waals surface area contributed by atoms with Crippen LogP contribution in [0.1, 0.15) is 58.2 Å².